The second-order valence-electron chi connectivity index (χ2n) is 3.79. The zero-order chi connectivity index (χ0) is 13.8. The van der Waals surface area contributed by atoms with Gasteiger partial charge in [0.2, 0.25) is 0 Å². The van der Waals surface area contributed by atoms with Crippen LogP contribution in [0.25, 0.3) is 0 Å². The van der Waals surface area contributed by atoms with E-state index in [1.807, 2.05) is 0 Å². The lowest BCUT2D eigenvalue weighted by Gasteiger charge is -2.06. The van der Waals surface area contributed by atoms with Crippen LogP contribution in [0.5, 0.6) is 0 Å². The molecule has 100 valence electrons. The maximum Gasteiger partial charge on any atom is 0.254 e. The van der Waals surface area contributed by atoms with Crippen molar-refractivity contribution >= 4 is 11.6 Å². The Balaban J connectivity index is 1.98. The molecular weight excluding hydrogens is 256 g/mol. The number of nitrogen functional groups attached to an aromatic ring is 1. The Labute approximate surface area is 107 Å². The minimum absolute atomic E-state index is 0.241. The molecule has 0 bridgehead atoms. The third-order valence-corrected chi connectivity index (χ3v) is 2.44. The van der Waals surface area contributed by atoms with Gasteiger partial charge in [0.15, 0.2) is 0 Å². The van der Waals surface area contributed by atoms with Gasteiger partial charge in [-0.2, -0.15) is 5.10 Å². The SMILES string of the molecule is Nc1cc(C(=O)NCCc2ncn[nH]2)c(F)cc1F. The number of halogens is 2. The summed E-state index contributed by atoms with van der Waals surface area (Å²) in [6.45, 7) is 0.241. The molecular formula is C11H11F2N5O. The van der Waals surface area contributed by atoms with Gasteiger partial charge < -0.3 is 11.1 Å². The van der Waals surface area contributed by atoms with Gasteiger partial charge in [0.25, 0.3) is 5.91 Å². The summed E-state index contributed by atoms with van der Waals surface area (Å²) in [5.41, 5.74) is 4.72. The molecule has 1 amide bonds. The van der Waals surface area contributed by atoms with Gasteiger partial charge >= 0.3 is 0 Å². The highest BCUT2D eigenvalue weighted by Gasteiger charge is 2.14. The van der Waals surface area contributed by atoms with Crippen molar-refractivity contribution in [1.29, 1.82) is 0 Å². The van der Waals surface area contributed by atoms with E-state index >= 15 is 0 Å². The summed E-state index contributed by atoms with van der Waals surface area (Å²) in [4.78, 5) is 15.5. The van der Waals surface area contributed by atoms with E-state index in [0.29, 0.717) is 18.3 Å². The number of nitrogens with one attached hydrogen (secondary N) is 2. The lowest BCUT2D eigenvalue weighted by molar-refractivity contribution is 0.0950. The first-order valence-corrected chi connectivity index (χ1v) is 5.45. The van der Waals surface area contributed by atoms with Gasteiger partial charge in [-0.15, -0.1) is 0 Å². The number of aromatic amines is 1. The Bertz CT molecular complexity index is 585. The fourth-order valence-corrected chi connectivity index (χ4v) is 1.48. The number of anilines is 1. The molecule has 19 heavy (non-hydrogen) atoms. The first kappa shape index (κ1) is 12.9. The number of benzene rings is 1. The summed E-state index contributed by atoms with van der Waals surface area (Å²) >= 11 is 0. The molecule has 4 N–H and O–H groups in total. The molecule has 0 radical (unpaired) electrons. The number of hydrogen-bond acceptors (Lipinski definition) is 4. The van der Waals surface area contributed by atoms with Gasteiger partial charge in [0.1, 0.15) is 23.8 Å². The van der Waals surface area contributed by atoms with Crippen molar-refractivity contribution < 1.29 is 13.6 Å². The van der Waals surface area contributed by atoms with Gasteiger partial charge in [0, 0.05) is 19.0 Å². The van der Waals surface area contributed by atoms with Crippen LogP contribution in [-0.4, -0.2) is 27.6 Å². The van der Waals surface area contributed by atoms with Crippen LogP contribution in [-0.2, 0) is 6.42 Å². The predicted octanol–water partition coefficient (Wildman–Crippen LogP) is 0.638. The van der Waals surface area contributed by atoms with Gasteiger partial charge in [-0.25, -0.2) is 13.8 Å². The monoisotopic (exact) mass is 267 g/mol. The standard InChI is InChI=1S/C11H11F2N5O/c12-7-4-8(13)9(14)3-6(7)11(19)15-2-1-10-16-5-17-18-10/h3-5H,1-2,14H2,(H,15,19)(H,16,17,18). The fraction of sp³-hybridized carbons (Fsp3) is 0.182. The highest BCUT2D eigenvalue weighted by atomic mass is 19.1. The minimum Gasteiger partial charge on any atom is -0.396 e. The van der Waals surface area contributed by atoms with Crippen molar-refractivity contribution in [3.05, 3.63) is 41.5 Å². The molecule has 0 saturated carbocycles. The number of amides is 1. The third-order valence-electron chi connectivity index (χ3n) is 2.44. The van der Waals surface area contributed by atoms with E-state index in [-0.39, 0.29) is 17.8 Å². The highest BCUT2D eigenvalue weighted by molar-refractivity contribution is 5.95. The van der Waals surface area contributed by atoms with Crippen LogP contribution in [0.2, 0.25) is 0 Å². The van der Waals surface area contributed by atoms with Crippen molar-refractivity contribution in [3.8, 4) is 0 Å². The van der Waals surface area contributed by atoms with Gasteiger partial charge in [-0.1, -0.05) is 0 Å². The first-order valence-electron chi connectivity index (χ1n) is 5.45. The topological polar surface area (TPSA) is 96.7 Å². The normalized spacial score (nSPS) is 10.4. The van der Waals surface area contributed by atoms with Crippen LogP contribution in [0.15, 0.2) is 18.5 Å². The lowest BCUT2D eigenvalue weighted by atomic mass is 10.1. The molecule has 2 rings (SSSR count). The number of carbonyl (C=O) groups excluding carboxylic acids is 1. The van der Waals surface area contributed by atoms with Gasteiger partial charge in [0.05, 0.1) is 11.3 Å². The van der Waals surface area contributed by atoms with Gasteiger partial charge in [-0.05, 0) is 6.07 Å². The second-order valence-corrected chi connectivity index (χ2v) is 3.79. The summed E-state index contributed by atoms with van der Waals surface area (Å²) < 4.78 is 26.3. The number of carbonyl (C=O) groups is 1. The molecule has 0 atom stereocenters. The molecule has 8 heteroatoms. The van der Waals surface area contributed by atoms with Crippen LogP contribution in [0.4, 0.5) is 14.5 Å². The Morgan fingerprint density at radius 3 is 2.84 bits per heavy atom. The number of nitrogens with two attached hydrogens (primary N) is 1. The summed E-state index contributed by atoms with van der Waals surface area (Å²) in [6, 6.07) is 1.55. The third kappa shape index (κ3) is 3.03. The Morgan fingerprint density at radius 1 is 1.37 bits per heavy atom. The molecule has 1 aromatic heterocycles. The Hall–Kier alpha value is -2.51. The average molecular weight is 267 g/mol. The van der Waals surface area contributed by atoms with Crippen LogP contribution < -0.4 is 11.1 Å². The molecule has 1 heterocycles. The zero-order valence-electron chi connectivity index (χ0n) is 9.78. The summed E-state index contributed by atoms with van der Waals surface area (Å²) in [5, 5.41) is 8.75. The van der Waals surface area contributed by atoms with E-state index in [4.69, 9.17) is 5.73 Å². The molecule has 0 aliphatic carbocycles. The number of nitrogens with zero attached hydrogens (tertiary/aromatic N) is 2. The highest BCUT2D eigenvalue weighted by Crippen LogP contribution is 2.16. The molecule has 6 nitrogen and oxygen atoms in total. The Kier molecular flexibility index (Phi) is 3.69. The van der Waals surface area contributed by atoms with E-state index in [0.717, 1.165) is 6.07 Å². The predicted molar refractivity (Wildman–Crippen MR) is 63.2 cm³/mol. The number of aromatic nitrogens is 3. The van der Waals surface area contributed by atoms with Crippen molar-refractivity contribution in [1.82, 2.24) is 20.5 Å². The second kappa shape index (κ2) is 5.42. The van der Waals surface area contributed by atoms with Crippen molar-refractivity contribution in [3.63, 3.8) is 0 Å². The fourth-order valence-electron chi connectivity index (χ4n) is 1.48. The summed E-state index contributed by atoms with van der Waals surface area (Å²) in [6.07, 6.45) is 1.77. The van der Waals surface area contributed by atoms with Crippen LogP contribution in [0, 0.1) is 11.6 Å². The van der Waals surface area contributed by atoms with Crippen molar-refractivity contribution in [2.75, 3.05) is 12.3 Å². The van der Waals surface area contributed by atoms with Crippen LogP contribution >= 0.6 is 0 Å². The molecule has 1 aromatic carbocycles. The first-order chi connectivity index (χ1) is 9.08. The van der Waals surface area contributed by atoms with E-state index in [9.17, 15) is 13.6 Å². The molecule has 0 aliphatic rings. The molecule has 0 unspecified atom stereocenters. The maximum atomic E-state index is 13.4. The lowest BCUT2D eigenvalue weighted by Crippen LogP contribution is -2.27. The average Bonchev–Trinajstić information content (AvgIpc) is 2.86. The zero-order valence-corrected chi connectivity index (χ0v) is 9.78. The van der Waals surface area contributed by atoms with Crippen LogP contribution in [0.1, 0.15) is 16.2 Å². The largest absolute Gasteiger partial charge is 0.396 e. The summed E-state index contributed by atoms with van der Waals surface area (Å²) in [5.74, 6) is -1.91. The van der Waals surface area contributed by atoms with Crippen LogP contribution in [0.3, 0.4) is 0 Å². The number of rotatable bonds is 4. The maximum absolute atomic E-state index is 13.4. The van der Waals surface area contributed by atoms with E-state index < -0.39 is 17.5 Å². The minimum atomic E-state index is -0.955. The molecule has 0 aliphatic heterocycles. The van der Waals surface area contributed by atoms with E-state index in [2.05, 4.69) is 20.5 Å². The van der Waals surface area contributed by atoms with E-state index in [1.54, 1.807) is 0 Å². The Morgan fingerprint density at radius 2 is 2.16 bits per heavy atom. The molecule has 2 aromatic rings. The van der Waals surface area contributed by atoms with E-state index in [1.165, 1.54) is 6.33 Å². The molecule has 0 saturated heterocycles. The summed E-state index contributed by atoms with van der Waals surface area (Å²) in [7, 11) is 0. The quantitative estimate of drug-likeness (QED) is 0.708. The molecule has 0 fully saturated rings. The van der Waals surface area contributed by atoms with Gasteiger partial charge in [-0.3, -0.25) is 9.89 Å². The number of hydrogen-bond donors (Lipinski definition) is 3. The smallest absolute Gasteiger partial charge is 0.254 e. The van der Waals surface area contributed by atoms with Crippen molar-refractivity contribution in [2.24, 2.45) is 0 Å². The molecule has 0 spiro atoms. The number of H-pyrrole nitrogens is 1. The van der Waals surface area contributed by atoms with Crippen molar-refractivity contribution in [2.45, 2.75) is 6.42 Å².